The third kappa shape index (κ3) is 15.2. The topological polar surface area (TPSA) is 0 Å². The van der Waals surface area contributed by atoms with Crippen LogP contribution in [0.5, 0.6) is 0 Å². The first-order valence-electron chi connectivity index (χ1n) is 7.54. The summed E-state index contributed by atoms with van der Waals surface area (Å²) < 4.78 is 0. The Kier molecular flexibility index (Phi) is 10.8. The van der Waals surface area contributed by atoms with Crippen molar-refractivity contribution in [2.75, 3.05) is 0 Å². The number of allylic oxidation sites excluding steroid dienone is 6. The van der Waals surface area contributed by atoms with Gasteiger partial charge in [-0.25, -0.2) is 0 Å². The van der Waals surface area contributed by atoms with E-state index in [1.165, 1.54) is 44.9 Å². The van der Waals surface area contributed by atoms with Crippen molar-refractivity contribution in [1.82, 2.24) is 0 Å². The lowest BCUT2D eigenvalue weighted by Crippen LogP contribution is -1.97. The van der Waals surface area contributed by atoms with Crippen LogP contribution >= 0.6 is 0 Å². The Hall–Kier alpha value is -0.780. The monoisotopic (exact) mass is 248 g/mol. The predicted octanol–water partition coefficient (Wildman–Crippen LogP) is 6.45. The quantitative estimate of drug-likeness (QED) is 0.325. The van der Waals surface area contributed by atoms with Crippen LogP contribution in [0.3, 0.4) is 0 Å². The molecule has 0 spiro atoms. The molecule has 0 aromatic heterocycles. The third-order valence-electron chi connectivity index (χ3n) is 2.68. The first-order valence-corrected chi connectivity index (χ1v) is 7.54. The van der Waals surface area contributed by atoms with E-state index in [-0.39, 0.29) is 0 Å². The van der Waals surface area contributed by atoms with Gasteiger partial charge in [-0.2, -0.15) is 0 Å². The molecular formula is C18H32. The lowest BCUT2D eigenvalue weighted by atomic mass is 9.96. The van der Waals surface area contributed by atoms with E-state index in [0.717, 1.165) is 0 Å². The van der Waals surface area contributed by atoms with Crippen LogP contribution in [0, 0.1) is 5.41 Å². The molecular weight excluding hydrogens is 216 g/mol. The van der Waals surface area contributed by atoms with Crippen LogP contribution in [0.1, 0.15) is 72.6 Å². The summed E-state index contributed by atoms with van der Waals surface area (Å²) in [6.45, 7) is 8.96. The van der Waals surface area contributed by atoms with Gasteiger partial charge in [0.05, 0.1) is 0 Å². The smallest absolute Gasteiger partial charge is 0.0203 e. The molecule has 0 aliphatic rings. The second-order valence-corrected chi connectivity index (χ2v) is 6.01. The molecule has 0 N–H and O–H groups in total. The van der Waals surface area contributed by atoms with Gasteiger partial charge in [0.15, 0.2) is 0 Å². The Morgan fingerprint density at radius 3 is 1.56 bits per heavy atom. The summed E-state index contributed by atoms with van der Waals surface area (Å²) in [6.07, 6.45) is 22.5. The molecule has 104 valence electrons. The molecule has 0 saturated heterocycles. The van der Waals surface area contributed by atoms with Crippen LogP contribution in [0.2, 0.25) is 0 Å². The van der Waals surface area contributed by atoms with Crippen LogP contribution in [-0.2, 0) is 0 Å². The summed E-state index contributed by atoms with van der Waals surface area (Å²) in [5, 5.41) is 0. The zero-order chi connectivity index (χ0) is 13.7. The summed E-state index contributed by atoms with van der Waals surface area (Å²) >= 11 is 0. The van der Waals surface area contributed by atoms with Gasteiger partial charge in [0.25, 0.3) is 0 Å². The molecule has 0 unspecified atom stereocenters. The molecule has 0 radical (unpaired) electrons. The molecule has 0 bridgehead atoms. The van der Waals surface area contributed by atoms with Gasteiger partial charge in [-0.15, -0.1) is 0 Å². The highest BCUT2D eigenvalue weighted by Crippen LogP contribution is 2.15. The normalized spacial score (nSPS) is 13.3. The molecule has 0 fully saturated rings. The highest BCUT2D eigenvalue weighted by Gasteiger charge is 2.01. The second-order valence-electron chi connectivity index (χ2n) is 6.01. The molecule has 0 amide bonds. The molecule has 0 saturated carbocycles. The minimum Gasteiger partial charge on any atom is -0.0885 e. The van der Waals surface area contributed by atoms with Crippen molar-refractivity contribution in [2.45, 2.75) is 72.6 Å². The molecule has 0 aromatic carbocycles. The molecule has 0 atom stereocenters. The van der Waals surface area contributed by atoms with Gasteiger partial charge in [0.2, 0.25) is 0 Å². The van der Waals surface area contributed by atoms with Gasteiger partial charge in [0, 0.05) is 0 Å². The standard InChI is InChI=1S/C18H32/c1-5-6-7-8-9-10-11-12-13-14-15-16-17-18(2,3)4/h8-9,12-13,16-17H,5-7,10-11,14-15H2,1-4H3. The molecule has 0 aliphatic heterocycles. The summed E-state index contributed by atoms with van der Waals surface area (Å²) in [5.41, 5.74) is 0.326. The van der Waals surface area contributed by atoms with Crippen molar-refractivity contribution in [3.8, 4) is 0 Å². The number of rotatable bonds is 9. The van der Waals surface area contributed by atoms with Crippen molar-refractivity contribution in [1.29, 1.82) is 0 Å². The van der Waals surface area contributed by atoms with Gasteiger partial charge in [-0.05, 0) is 37.5 Å². The summed E-state index contributed by atoms with van der Waals surface area (Å²) in [5.74, 6) is 0. The van der Waals surface area contributed by atoms with Crippen molar-refractivity contribution in [3.63, 3.8) is 0 Å². The van der Waals surface area contributed by atoms with E-state index in [0.29, 0.717) is 5.41 Å². The van der Waals surface area contributed by atoms with Gasteiger partial charge in [-0.3, -0.25) is 0 Å². The number of unbranched alkanes of at least 4 members (excludes halogenated alkanes) is 4. The molecule has 0 aliphatic carbocycles. The van der Waals surface area contributed by atoms with Gasteiger partial charge < -0.3 is 0 Å². The Morgan fingerprint density at radius 2 is 1.11 bits per heavy atom. The van der Waals surface area contributed by atoms with Crippen molar-refractivity contribution in [2.24, 2.45) is 5.41 Å². The van der Waals surface area contributed by atoms with Crippen LogP contribution < -0.4 is 0 Å². The largest absolute Gasteiger partial charge is 0.0885 e. The van der Waals surface area contributed by atoms with Crippen LogP contribution in [0.25, 0.3) is 0 Å². The third-order valence-corrected chi connectivity index (χ3v) is 2.68. The molecule has 0 nitrogen and oxygen atoms in total. The first kappa shape index (κ1) is 17.2. The SMILES string of the molecule is CCCCC=CCCC=CCCC=CC(C)(C)C. The first-order chi connectivity index (χ1) is 8.56. The van der Waals surface area contributed by atoms with Crippen molar-refractivity contribution >= 4 is 0 Å². The molecule has 0 heteroatoms. The molecule has 18 heavy (non-hydrogen) atoms. The fraction of sp³-hybridized carbons (Fsp3) is 0.667. The lowest BCUT2D eigenvalue weighted by molar-refractivity contribution is 0.542. The molecule has 0 rings (SSSR count). The zero-order valence-electron chi connectivity index (χ0n) is 12.9. The molecule has 0 heterocycles. The maximum Gasteiger partial charge on any atom is -0.0203 e. The van der Waals surface area contributed by atoms with Gasteiger partial charge in [-0.1, -0.05) is 77.0 Å². The van der Waals surface area contributed by atoms with E-state index < -0.39 is 0 Å². The maximum atomic E-state index is 2.32. The highest BCUT2D eigenvalue weighted by molar-refractivity contribution is 4.94. The van der Waals surface area contributed by atoms with Crippen LogP contribution in [-0.4, -0.2) is 0 Å². The predicted molar refractivity (Wildman–Crippen MR) is 84.9 cm³/mol. The maximum absolute atomic E-state index is 2.32. The Morgan fingerprint density at radius 1 is 0.667 bits per heavy atom. The average molecular weight is 248 g/mol. The van der Waals surface area contributed by atoms with Crippen molar-refractivity contribution in [3.05, 3.63) is 36.5 Å². The number of hydrogen-bond acceptors (Lipinski definition) is 0. The minimum absolute atomic E-state index is 0.326. The van der Waals surface area contributed by atoms with E-state index in [2.05, 4.69) is 64.2 Å². The fourth-order valence-electron chi connectivity index (χ4n) is 1.62. The van der Waals surface area contributed by atoms with E-state index in [1.54, 1.807) is 0 Å². The Labute approximate surface area is 115 Å². The zero-order valence-corrected chi connectivity index (χ0v) is 12.9. The van der Waals surface area contributed by atoms with Gasteiger partial charge >= 0.3 is 0 Å². The van der Waals surface area contributed by atoms with E-state index >= 15 is 0 Å². The van der Waals surface area contributed by atoms with Crippen LogP contribution in [0.4, 0.5) is 0 Å². The average Bonchev–Trinajstić information content (AvgIpc) is 2.29. The van der Waals surface area contributed by atoms with E-state index in [1.807, 2.05) is 0 Å². The Balaban J connectivity index is 3.39. The second kappa shape index (κ2) is 11.3. The summed E-state index contributed by atoms with van der Waals surface area (Å²) in [6, 6.07) is 0. The summed E-state index contributed by atoms with van der Waals surface area (Å²) in [7, 11) is 0. The highest BCUT2D eigenvalue weighted by atomic mass is 14.1. The Bertz CT molecular complexity index is 248. The van der Waals surface area contributed by atoms with Crippen molar-refractivity contribution < 1.29 is 0 Å². The van der Waals surface area contributed by atoms with E-state index in [4.69, 9.17) is 0 Å². The minimum atomic E-state index is 0.326. The van der Waals surface area contributed by atoms with Gasteiger partial charge in [0.1, 0.15) is 0 Å². The van der Waals surface area contributed by atoms with Crippen LogP contribution in [0.15, 0.2) is 36.5 Å². The lowest BCUT2D eigenvalue weighted by Gasteiger charge is -2.10. The number of hydrogen-bond donors (Lipinski definition) is 0. The summed E-state index contributed by atoms with van der Waals surface area (Å²) in [4.78, 5) is 0. The fourth-order valence-corrected chi connectivity index (χ4v) is 1.62. The molecule has 0 aromatic rings. The van der Waals surface area contributed by atoms with E-state index in [9.17, 15) is 0 Å².